The van der Waals surface area contributed by atoms with Crippen molar-refractivity contribution in [1.29, 1.82) is 5.26 Å². The number of hydrogen-bond acceptors (Lipinski definition) is 4. The molecular weight excluding hydrogens is 410 g/mol. The molecule has 0 aliphatic carbocycles. The normalized spacial score (nSPS) is 11.2. The fourth-order valence-electron chi connectivity index (χ4n) is 3.34. The number of aliphatic imine (C=N–C) groups is 1. The lowest BCUT2D eigenvalue weighted by Crippen LogP contribution is -2.39. The van der Waals surface area contributed by atoms with Gasteiger partial charge in [-0.1, -0.05) is 48.0 Å². The zero-order chi connectivity index (χ0) is 22.2. The Labute approximate surface area is 187 Å². The Hall–Kier alpha value is -3.50. The molecule has 1 aromatic heterocycles. The molecule has 160 valence electrons. The summed E-state index contributed by atoms with van der Waals surface area (Å²) < 4.78 is 1.62. The van der Waals surface area contributed by atoms with Gasteiger partial charge >= 0.3 is 0 Å². The number of rotatable bonds is 7. The number of hydrogen-bond donors (Lipinski definition) is 2. The van der Waals surface area contributed by atoms with Gasteiger partial charge in [-0.05, 0) is 36.6 Å². The summed E-state index contributed by atoms with van der Waals surface area (Å²) >= 11 is 6.27. The van der Waals surface area contributed by atoms with E-state index in [4.69, 9.17) is 17.3 Å². The molecule has 0 bridgehead atoms. The number of nitrogens with two attached hydrogens (primary N) is 1. The maximum Gasteiger partial charge on any atom is 0.193 e. The van der Waals surface area contributed by atoms with Crippen molar-refractivity contribution in [2.24, 2.45) is 4.99 Å². The summed E-state index contributed by atoms with van der Waals surface area (Å²) in [5.41, 5.74) is 9.18. The molecule has 0 unspecified atom stereocenters. The van der Waals surface area contributed by atoms with Gasteiger partial charge in [0, 0.05) is 32.2 Å². The fraction of sp³-hybridized carbons (Fsp3) is 0.261. The van der Waals surface area contributed by atoms with Crippen LogP contribution in [-0.4, -0.2) is 41.3 Å². The topological polar surface area (TPSA) is 95.3 Å². The molecule has 0 radical (unpaired) electrons. The van der Waals surface area contributed by atoms with Crippen LogP contribution < -0.4 is 11.1 Å². The van der Waals surface area contributed by atoms with Crippen LogP contribution in [0.15, 0.2) is 59.6 Å². The Morgan fingerprint density at radius 3 is 2.61 bits per heavy atom. The lowest BCUT2D eigenvalue weighted by molar-refractivity contribution is 0.476. The zero-order valence-corrected chi connectivity index (χ0v) is 18.5. The number of aryl methyl sites for hydroxylation is 1. The molecule has 7 nitrogen and oxygen atoms in total. The molecule has 0 saturated carbocycles. The molecule has 1 heterocycles. The third-order valence-corrected chi connectivity index (χ3v) is 5.29. The monoisotopic (exact) mass is 435 g/mol. The van der Waals surface area contributed by atoms with E-state index >= 15 is 0 Å². The Balaban J connectivity index is 1.59. The summed E-state index contributed by atoms with van der Waals surface area (Å²) in [4.78, 5) is 6.36. The highest BCUT2D eigenvalue weighted by atomic mass is 35.5. The van der Waals surface area contributed by atoms with Crippen molar-refractivity contribution in [2.75, 3.05) is 26.4 Å². The van der Waals surface area contributed by atoms with E-state index in [1.54, 1.807) is 11.7 Å². The molecule has 0 fully saturated rings. The Morgan fingerprint density at radius 2 is 1.94 bits per heavy atom. The average Bonchev–Trinajstić information content (AvgIpc) is 3.11. The van der Waals surface area contributed by atoms with Gasteiger partial charge < -0.3 is 16.0 Å². The van der Waals surface area contributed by atoms with Gasteiger partial charge in [0.25, 0.3) is 0 Å². The third-order valence-electron chi connectivity index (χ3n) is 4.92. The van der Waals surface area contributed by atoms with Gasteiger partial charge in [0.05, 0.1) is 11.4 Å². The Kier molecular flexibility index (Phi) is 7.52. The number of para-hydroxylation sites is 1. The van der Waals surface area contributed by atoms with Crippen LogP contribution in [-0.2, 0) is 13.0 Å². The van der Waals surface area contributed by atoms with Crippen molar-refractivity contribution >= 4 is 23.4 Å². The fourth-order valence-corrected chi connectivity index (χ4v) is 3.53. The third kappa shape index (κ3) is 5.36. The highest BCUT2D eigenvalue weighted by molar-refractivity contribution is 6.31. The van der Waals surface area contributed by atoms with E-state index in [1.165, 1.54) is 0 Å². The molecular formula is C23H26ClN7. The standard InChI is InChI=1S/C23H26ClN7/c1-27-23(30(2)16-17-9-6-7-12-20(17)24)28-14-8-13-21-19(15-25)22(26)31(29-21)18-10-4-3-5-11-18/h3-7,9-12H,8,13-14,16,26H2,1-2H3,(H,27,28). The molecule has 3 aromatic rings. The molecule has 3 rings (SSSR count). The lowest BCUT2D eigenvalue weighted by Gasteiger charge is -2.22. The SMILES string of the molecule is CN=C(NCCCc1nn(-c2ccccc2)c(N)c1C#N)N(C)Cc1ccccc1Cl. The highest BCUT2D eigenvalue weighted by Gasteiger charge is 2.16. The van der Waals surface area contributed by atoms with Crippen LogP contribution in [0.5, 0.6) is 0 Å². The second-order valence-electron chi connectivity index (χ2n) is 7.09. The Bertz CT molecular complexity index is 1080. The molecule has 0 aliphatic heterocycles. The number of aromatic nitrogens is 2. The number of anilines is 1. The minimum absolute atomic E-state index is 0.368. The zero-order valence-electron chi connectivity index (χ0n) is 17.7. The molecule has 0 aliphatic rings. The molecule has 0 atom stereocenters. The predicted octanol–water partition coefficient (Wildman–Crippen LogP) is 3.62. The first-order chi connectivity index (χ1) is 15.0. The van der Waals surface area contributed by atoms with Gasteiger partial charge in [-0.3, -0.25) is 4.99 Å². The van der Waals surface area contributed by atoms with Crippen LogP contribution >= 0.6 is 11.6 Å². The number of benzene rings is 2. The summed E-state index contributed by atoms with van der Waals surface area (Å²) in [5, 5.41) is 18.2. The van der Waals surface area contributed by atoms with E-state index in [9.17, 15) is 5.26 Å². The van der Waals surface area contributed by atoms with Crippen LogP contribution in [0.2, 0.25) is 5.02 Å². The summed E-state index contributed by atoms with van der Waals surface area (Å²) in [6, 6.07) is 19.5. The number of nitrogens with zero attached hydrogens (tertiary/aromatic N) is 5. The second kappa shape index (κ2) is 10.5. The van der Waals surface area contributed by atoms with Gasteiger partial charge in [-0.25, -0.2) is 4.68 Å². The molecule has 0 spiro atoms. The van der Waals surface area contributed by atoms with E-state index in [1.807, 2.05) is 66.5 Å². The maximum atomic E-state index is 9.54. The number of guanidine groups is 1. The first kappa shape index (κ1) is 22.2. The van der Waals surface area contributed by atoms with E-state index in [2.05, 4.69) is 21.5 Å². The minimum Gasteiger partial charge on any atom is -0.382 e. The van der Waals surface area contributed by atoms with E-state index in [0.29, 0.717) is 36.6 Å². The molecule has 31 heavy (non-hydrogen) atoms. The predicted molar refractivity (Wildman–Crippen MR) is 125 cm³/mol. The molecule has 8 heteroatoms. The minimum atomic E-state index is 0.368. The van der Waals surface area contributed by atoms with Crippen molar-refractivity contribution in [3.63, 3.8) is 0 Å². The first-order valence-electron chi connectivity index (χ1n) is 10.0. The quantitative estimate of drug-likeness (QED) is 0.335. The van der Waals surface area contributed by atoms with Crippen LogP contribution in [0.4, 0.5) is 5.82 Å². The van der Waals surface area contributed by atoms with E-state index in [0.717, 1.165) is 28.7 Å². The second-order valence-corrected chi connectivity index (χ2v) is 7.50. The maximum absolute atomic E-state index is 9.54. The summed E-state index contributed by atoms with van der Waals surface area (Å²) in [5.74, 6) is 1.14. The smallest absolute Gasteiger partial charge is 0.193 e. The van der Waals surface area contributed by atoms with Crippen molar-refractivity contribution in [3.8, 4) is 11.8 Å². The first-order valence-corrected chi connectivity index (χ1v) is 10.4. The van der Waals surface area contributed by atoms with Crippen LogP contribution in [0.1, 0.15) is 23.2 Å². The van der Waals surface area contributed by atoms with Gasteiger partial charge in [0.2, 0.25) is 0 Å². The number of nitrogens with one attached hydrogen (secondary N) is 1. The molecule has 3 N–H and O–H groups in total. The van der Waals surface area contributed by atoms with Crippen LogP contribution in [0.25, 0.3) is 5.69 Å². The van der Waals surface area contributed by atoms with Gasteiger partial charge in [0.15, 0.2) is 5.96 Å². The van der Waals surface area contributed by atoms with Crippen LogP contribution in [0.3, 0.4) is 0 Å². The number of halogens is 1. The van der Waals surface area contributed by atoms with Gasteiger partial charge in [0.1, 0.15) is 17.5 Å². The largest absolute Gasteiger partial charge is 0.382 e. The van der Waals surface area contributed by atoms with Crippen molar-refractivity contribution in [3.05, 3.63) is 76.4 Å². The van der Waals surface area contributed by atoms with Crippen molar-refractivity contribution in [1.82, 2.24) is 20.0 Å². The van der Waals surface area contributed by atoms with Crippen molar-refractivity contribution < 1.29 is 0 Å². The average molecular weight is 436 g/mol. The van der Waals surface area contributed by atoms with Crippen molar-refractivity contribution in [2.45, 2.75) is 19.4 Å². The van der Waals surface area contributed by atoms with E-state index < -0.39 is 0 Å². The molecule has 0 saturated heterocycles. The Morgan fingerprint density at radius 1 is 1.23 bits per heavy atom. The summed E-state index contributed by atoms with van der Waals surface area (Å²) in [6.07, 6.45) is 1.41. The molecule has 0 amide bonds. The van der Waals surface area contributed by atoms with Crippen LogP contribution in [0, 0.1) is 11.3 Å². The lowest BCUT2D eigenvalue weighted by atomic mass is 10.1. The summed E-state index contributed by atoms with van der Waals surface area (Å²) in [7, 11) is 3.72. The van der Waals surface area contributed by atoms with E-state index in [-0.39, 0.29) is 0 Å². The van der Waals surface area contributed by atoms with Gasteiger partial charge in [-0.15, -0.1) is 0 Å². The van der Waals surface area contributed by atoms with Gasteiger partial charge in [-0.2, -0.15) is 10.4 Å². The summed E-state index contributed by atoms with van der Waals surface area (Å²) in [6.45, 7) is 1.33. The highest BCUT2D eigenvalue weighted by Crippen LogP contribution is 2.21. The number of nitrogen functional groups attached to an aromatic ring is 1. The molecule has 2 aromatic carbocycles. The number of nitriles is 1.